The van der Waals surface area contributed by atoms with Gasteiger partial charge in [0.1, 0.15) is 11.9 Å². The molecule has 172 valence electrons. The van der Waals surface area contributed by atoms with Crippen LogP contribution in [0.3, 0.4) is 0 Å². The van der Waals surface area contributed by atoms with Crippen LogP contribution in [0.2, 0.25) is 0 Å². The molecule has 0 bridgehead atoms. The first-order valence-electron chi connectivity index (χ1n) is 10.8. The molecule has 1 fully saturated rings. The highest BCUT2D eigenvalue weighted by molar-refractivity contribution is 5.91. The van der Waals surface area contributed by atoms with E-state index >= 15 is 0 Å². The van der Waals surface area contributed by atoms with Crippen LogP contribution < -0.4 is 20.7 Å². The number of aliphatic hydroxyl groups is 1. The Morgan fingerprint density at radius 3 is 2.56 bits per heavy atom. The van der Waals surface area contributed by atoms with Crippen LogP contribution in [0.1, 0.15) is 37.8 Å². The number of hydrogen-bond donors (Lipinski definition) is 4. The molecule has 0 radical (unpaired) electrons. The van der Waals surface area contributed by atoms with Crippen LogP contribution in [-0.4, -0.2) is 49.0 Å². The van der Waals surface area contributed by atoms with Crippen LogP contribution in [-0.2, 0) is 9.53 Å². The first-order chi connectivity index (χ1) is 15.5. The third-order valence-electron chi connectivity index (χ3n) is 5.56. The summed E-state index contributed by atoms with van der Waals surface area (Å²) in [5.74, 6) is 0.445. The summed E-state index contributed by atoms with van der Waals surface area (Å²) in [6, 6.07) is 16.0. The molecule has 1 aliphatic rings. The standard InChI is InChI=1S/C24H31N3O5/c1-16(17-8-4-3-5-9-17)25-23(29)14-18-12-13-20(22(15-28)32-18)27-24(30)26-19-10-6-7-11-21(19)31-2/h3-11,16,18,20,22,28H,12-15H2,1-2H3,(H,25,29)(H2,26,27,30)/t16-,18+,20+,22-/m1/s1. The lowest BCUT2D eigenvalue weighted by Gasteiger charge is -2.36. The molecule has 32 heavy (non-hydrogen) atoms. The predicted molar refractivity (Wildman–Crippen MR) is 122 cm³/mol. The molecule has 0 aromatic heterocycles. The lowest BCUT2D eigenvalue weighted by Crippen LogP contribution is -2.52. The molecule has 0 unspecified atom stereocenters. The number of nitrogens with one attached hydrogen (secondary N) is 3. The van der Waals surface area contributed by atoms with Crippen LogP contribution in [0, 0.1) is 0 Å². The Morgan fingerprint density at radius 2 is 1.84 bits per heavy atom. The van der Waals surface area contributed by atoms with Gasteiger partial charge in [0.15, 0.2) is 0 Å². The third kappa shape index (κ3) is 6.45. The topological polar surface area (TPSA) is 109 Å². The summed E-state index contributed by atoms with van der Waals surface area (Å²) in [5.41, 5.74) is 1.58. The number of aliphatic hydroxyl groups excluding tert-OH is 1. The van der Waals surface area contributed by atoms with Gasteiger partial charge in [-0.05, 0) is 37.5 Å². The van der Waals surface area contributed by atoms with Gasteiger partial charge in [-0.1, -0.05) is 42.5 Å². The molecule has 0 spiro atoms. The predicted octanol–water partition coefficient (Wildman–Crippen LogP) is 2.99. The maximum atomic E-state index is 12.5. The Balaban J connectivity index is 1.48. The molecule has 2 aromatic rings. The molecule has 4 N–H and O–H groups in total. The van der Waals surface area contributed by atoms with Gasteiger partial charge in [-0.15, -0.1) is 0 Å². The van der Waals surface area contributed by atoms with E-state index in [0.29, 0.717) is 24.3 Å². The van der Waals surface area contributed by atoms with Crippen molar-refractivity contribution in [2.24, 2.45) is 0 Å². The van der Waals surface area contributed by atoms with Crippen molar-refractivity contribution in [2.75, 3.05) is 19.0 Å². The Labute approximate surface area is 188 Å². The molecular formula is C24H31N3O5. The molecule has 1 aliphatic heterocycles. The van der Waals surface area contributed by atoms with E-state index in [-0.39, 0.29) is 37.1 Å². The summed E-state index contributed by atoms with van der Waals surface area (Å²) < 4.78 is 11.2. The first kappa shape index (κ1) is 23.6. The van der Waals surface area contributed by atoms with E-state index in [1.54, 1.807) is 18.2 Å². The average molecular weight is 442 g/mol. The van der Waals surface area contributed by atoms with E-state index in [9.17, 15) is 14.7 Å². The molecule has 3 amide bonds. The van der Waals surface area contributed by atoms with Gasteiger partial charge in [0, 0.05) is 0 Å². The highest BCUT2D eigenvalue weighted by Crippen LogP contribution is 2.25. The van der Waals surface area contributed by atoms with E-state index in [4.69, 9.17) is 9.47 Å². The smallest absolute Gasteiger partial charge is 0.319 e. The summed E-state index contributed by atoms with van der Waals surface area (Å²) >= 11 is 0. The van der Waals surface area contributed by atoms with E-state index < -0.39 is 12.1 Å². The fourth-order valence-corrected chi connectivity index (χ4v) is 3.85. The van der Waals surface area contributed by atoms with Crippen molar-refractivity contribution in [1.82, 2.24) is 10.6 Å². The number of ether oxygens (including phenoxy) is 2. The molecule has 8 heteroatoms. The number of rotatable bonds is 8. The molecule has 3 rings (SSSR count). The minimum atomic E-state index is -0.587. The fraction of sp³-hybridized carbons (Fsp3) is 0.417. The molecular weight excluding hydrogens is 410 g/mol. The number of carbonyl (C=O) groups excluding carboxylic acids is 2. The van der Waals surface area contributed by atoms with Crippen LogP contribution in [0.15, 0.2) is 54.6 Å². The minimum absolute atomic E-state index is 0.103. The van der Waals surface area contributed by atoms with Gasteiger partial charge in [0.2, 0.25) is 5.91 Å². The number of amides is 3. The van der Waals surface area contributed by atoms with Crippen molar-refractivity contribution in [2.45, 2.75) is 50.5 Å². The molecule has 1 heterocycles. The third-order valence-corrected chi connectivity index (χ3v) is 5.56. The molecule has 8 nitrogen and oxygen atoms in total. The Kier molecular flexibility index (Phi) is 8.47. The number of hydrogen-bond acceptors (Lipinski definition) is 5. The monoisotopic (exact) mass is 441 g/mol. The molecule has 4 atom stereocenters. The second-order valence-corrected chi connectivity index (χ2v) is 7.87. The van der Waals surface area contributed by atoms with Gasteiger partial charge in [-0.2, -0.15) is 0 Å². The van der Waals surface area contributed by atoms with Gasteiger partial charge in [0.25, 0.3) is 0 Å². The van der Waals surface area contributed by atoms with Crippen LogP contribution >= 0.6 is 0 Å². The lowest BCUT2D eigenvalue weighted by molar-refractivity contribution is -0.131. The van der Waals surface area contributed by atoms with Crippen molar-refractivity contribution in [1.29, 1.82) is 0 Å². The van der Waals surface area contributed by atoms with Gasteiger partial charge in [-0.3, -0.25) is 4.79 Å². The van der Waals surface area contributed by atoms with E-state index in [0.717, 1.165) is 5.56 Å². The number of anilines is 1. The Bertz CT molecular complexity index is 892. The Hall–Kier alpha value is -3.10. The van der Waals surface area contributed by atoms with Crippen molar-refractivity contribution in [3.63, 3.8) is 0 Å². The second kappa shape index (κ2) is 11.5. The first-order valence-corrected chi connectivity index (χ1v) is 10.8. The molecule has 2 aromatic carbocycles. The largest absolute Gasteiger partial charge is 0.495 e. The average Bonchev–Trinajstić information content (AvgIpc) is 2.80. The van der Waals surface area contributed by atoms with Crippen molar-refractivity contribution in [3.05, 3.63) is 60.2 Å². The number of urea groups is 1. The lowest BCUT2D eigenvalue weighted by atomic mass is 9.97. The zero-order valence-electron chi connectivity index (χ0n) is 18.4. The summed E-state index contributed by atoms with van der Waals surface area (Å²) in [6.45, 7) is 1.68. The van der Waals surface area contributed by atoms with Gasteiger partial charge >= 0.3 is 6.03 Å². The maximum absolute atomic E-state index is 12.5. The number of benzene rings is 2. The maximum Gasteiger partial charge on any atom is 0.319 e. The zero-order chi connectivity index (χ0) is 22.9. The van der Waals surface area contributed by atoms with E-state index in [1.165, 1.54) is 7.11 Å². The van der Waals surface area contributed by atoms with E-state index in [1.807, 2.05) is 43.3 Å². The van der Waals surface area contributed by atoms with E-state index in [2.05, 4.69) is 16.0 Å². The summed E-state index contributed by atoms with van der Waals surface area (Å²) in [6.07, 6.45) is 0.496. The summed E-state index contributed by atoms with van der Waals surface area (Å²) in [5, 5.41) is 18.4. The summed E-state index contributed by atoms with van der Waals surface area (Å²) in [7, 11) is 1.53. The zero-order valence-corrected chi connectivity index (χ0v) is 18.4. The minimum Gasteiger partial charge on any atom is -0.495 e. The fourth-order valence-electron chi connectivity index (χ4n) is 3.85. The molecule has 0 aliphatic carbocycles. The quantitative estimate of drug-likeness (QED) is 0.504. The van der Waals surface area contributed by atoms with Gasteiger partial charge < -0.3 is 30.5 Å². The highest BCUT2D eigenvalue weighted by Gasteiger charge is 2.33. The number of carbonyl (C=O) groups is 2. The normalized spacial score (nSPS) is 21.3. The van der Waals surface area contributed by atoms with Gasteiger partial charge in [0.05, 0.1) is 44.0 Å². The highest BCUT2D eigenvalue weighted by atomic mass is 16.5. The van der Waals surface area contributed by atoms with Crippen LogP contribution in [0.4, 0.5) is 10.5 Å². The SMILES string of the molecule is COc1ccccc1NC(=O)N[C@H]1CC[C@@H](CC(=O)N[C@H](C)c2ccccc2)O[C@@H]1CO. The van der Waals surface area contributed by atoms with Crippen LogP contribution in [0.25, 0.3) is 0 Å². The van der Waals surface area contributed by atoms with Crippen LogP contribution in [0.5, 0.6) is 5.75 Å². The van der Waals surface area contributed by atoms with Crippen molar-refractivity contribution < 1.29 is 24.2 Å². The Morgan fingerprint density at radius 1 is 1.12 bits per heavy atom. The van der Waals surface area contributed by atoms with Crippen molar-refractivity contribution >= 4 is 17.6 Å². The summed E-state index contributed by atoms with van der Waals surface area (Å²) in [4.78, 5) is 24.9. The van der Waals surface area contributed by atoms with Crippen molar-refractivity contribution in [3.8, 4) is 5.75 Å². The number of para-hydroxylation sites is 2. The number of methoxy groups -OCH3 is 1. The van der Waals surface area contributed by atoms with Gasteiger partial charge in [-0.25, -0.2) is 4.79 Å². The molecule has 1 saturated heterocycles. The second-order valence-electron chi connectivity index (χ2n) is 7.87. The molecule has 0 saturated carbocycles.